The van der Waals surface area contributed by atoms with E-state index in [1.807, 2.05) is 36.5 Å². The Kier molecular flexibility index (Phi) is 2.37. The van der Waals surface area contributed by atoms with Crippen molar-refractivity contribution >= 4 is 0 Å². The second-order valence-electron chi connectivity index (χ2n) is 2.94. The highest BCUT2D eigenvalue weighted by atomic mass is 14.7. The molecule has 64 valence electrons. The lowest BCUT2D eigenvalue weighted by molar-refractivity contribution is 0.995. The Morgan fingerprint density at radius 2 is 1.69 bits per heavy atom. The summed E-state index contributed by atoms with van der Waals surface area (Å²) in [4.78, 5) is 4.31. The second kappa shape index (κ2) is 3.85. The third-order valence-corrected chi connectivity index (χ3v) is 2.00. The van der Waals surface area contributed by atoms with Crippen LogP contribution in [0.2, 0.25) is 0 Å². The van der Waals surface area contributed by atoms with Crippen molar-refractivity contribution in [1.29, 1.82) is 0 Å². The zero-order valence-electron chi connectivity index (χ0n) is 7.30. The molecular formula is C12H11N. The molecule has 0 amide bonds. The van der Waals surface area contributed by atoms with Crippen molar-refractivity contribution in [3.8, 4) is 0 Å². The van der Waals surface area contributed by atoms with Gasteiger partial charge in [0.1, 0.15) is 0 Å². The summed E-state index contributed by atoms with van der Waals surface area (Å²) in [6.45, 7) is 0. The Bertz CT molecular complexity index is 331. The minimum Gasteiger partial charge on any atom is -0.260 e. The number of hydrogen-bond donors (Lipinski definition) is 0. The molecule has 1 aromatic rings. The quantitative estimate of drug-likeness (QED) is 0.630. The number of nitrogens with zero attached hydrogens (tertiary/aromatic N) is 1. The van der Waals surface area contributed by atoms with Crippen LogP contribution in [0.3, 0.4) is 0 Å². The number of rotatable bonds is 1. The Balaban J connectivity index is 2.27. The van der Waals surface area contributed by atoms with Gasteiger partial charge in [-0.3, -0.25) is 4.98 Å². The lowest BCUT2D eigenvalue weighted by Crippen LogP contribution is -1.93. The van der Waals surface area contributed by atoms with Crippen molar-refractivity contribution in [3.63, 3.8) is 0 Å². The fraction of sp³-hybridized carbons (Fsp3) is 0.0833. The molecule has 2 rings (SSSR count). The maximum atomic E-state index is 4.31. The van der Waals surface area contributed by atoms with Crippen LogP contribution >= 0.6 is 0 Å². The summed E-state index contributed by atoms with van der Waals surface area (Å²) in [5.41, 5.74) is 1.10. The molecular weight excluding hydrogens is 158 g/mol. The lowest BCUT2D eigenvalue weighted by Gasteiger charge is -2.04. The zero-order valence-corrected chi connectivity index (χ0v) is 7.30. The maximum Gasteiger partial charge on any atom is 0.0510 e. The molecule has 0 saturated carbocycles. The molecule has 0 radical (unpaired) electrons. The summed E-state index contributed by atoms with van der Waals surface area (Å²) < 4.78 is 0. The van der Waals surface area contributed by atoms with Gasteiger partial charge in [0, 0.05) is 12.1 Å². The molecule has 0 aliphatic heterocycles. The van der Waals surface area contributed by atoms with E-state index in [-0.39, 0.29) is 0 Å². The average molecular weight is 169 g/mol. The van der Waals surface area contributed by atoms with Gasteiger partial charge in [0.25, 0.3) is 0 Å². The number of pyridine rings is 1. The predicted octanol–water partition coefficient (Wildman–Crippen LogP) is 2.85. The third kappa shape index (κ3) is 1.94. The van der Waals surface area contributed by atoms with Crippen molar-refractivity contribution < 1.29 is 0 Å². The van der Waals surface area contributed by atoms with E-state index in [4.69, 9.17) is 0 Å². The number of aromatic nitrogens is 1. The molecule has 0 unspecified atom stereocenters. The summed E-state index contributed by atoms with van der Waals surface area (Å²) in [6.07, 6.45) is 14.3. The molecule has 1 aliphatic carbocycles. The van der Waals surface area contributed by atoms with Crippen LogP contribution in [0.1, 0.15) is 11.6 Å². The Hall–Kier alpha value is -1.63. The molecule has 0 atom stereocenters. The average Bonchev–Trinajstić information content (AvgIpc) is 2.47. The van der Waals surface area contributed by atoms with E-state index in [9.17, 15) is 0 Å². The zero-order chi connectivity index (χ0) is 8.93. The van der Waals surface area contributed by atoms with Crippen LogP contribution < -0.4 is 0 Å². The Labute approximate surface area is 78.1 Å². The van der Waals surface area contributed by atoms with Crippen LogP contribution in [0, 0.1) is 0 Å². The van der Waals surface area contributed by atoms with Gasteiger partial charge in [-0.05, 0) is 12.1 Å². The first-order chi connectivity index (χ1) is 6.47. The van der Waals surface area contributed by atoms with Crippen molar-refractivity contribution in [1.82, 2.24) is 4.98 Å². The summed E-state index contributed by atoms with van der Waals surface area (Å²) in [5.74, 6) is 0.316. The molecule has 0 N–H and O–H groups in total. The van der Waals surface area contributed by atoms with E-state index in [1.54, 1.807) is 0 Å². The summed E-state index contributed by atoms with van der Waals surface area (Å²) in [5, 5.41) is 0. The molecule has 0 spiro atoms. The van der Waals surface area contributed by atoms with Crippen LogP contribution in [0.4, 0.5) is 0 Å². The van der Waals surface area contributed by atoms with E-state index in [0.717, 1.165) is 5.69 Å². The van der Waals surface area contributed by atoms with Crippen molar-refractivity contribution in [2.75, 3.05) is 0 Å². The molecule has 1 heterocycles. The minimum atomic E-state index is 0.316. The van der Waals surface area contributed by atoms with Gasteiger partial charge in [0.15, 0.2) is 0 Å². The monoisotopic (exact) mass is 169 g/mol. The Morgan fingerprint density at radius 1 is 0.923 bits per heavy atom. The second-order valence-corrected chi connectivity index (χ2v) is 2.94. The largest absolute Gasteiger partial charge is 0.260 e. The van der Waals surface area contributed by atoms with Gasteiger partial charge >= 0.3 is 0 Å². The number of hydrogen-bond acceptors (Lipinski definition) is 1. The highest BCUT2D eigenvalue weighted by molar-refractivity contribution is 5.29. The molecule has 0 saturated heterocycles. The van der Waals surface area contributed by atoms with Crippen LogP contribution in [-0.4, -0.2) is 4.98 Å². The minimum absolute atomic E-state index is 0.316. The van der Waals surface area contributed by atoms with Crippen molar-refractivity contribution in [2.24, 2.45) is 0 Å². The van der Waals surface area contributed by atoms with Gasteiger partial charge in [0.2, 0.25) is 0 Å². The molecule has 1 aliphatic rings. The topological polar surface area (TPSA) is 12.9 Å². The predicted molar refractivity (Wildman–Crippen MR) is 54.4 cm³/mol. The van der Waals surface area contributed by atoms with Gasteiger partial charge in [0.05, 0.1) is 5.69 Å². The fourth-order valence-electron chi connectivity index (χ4n) is 1.33. The van der Waals surface area contributed by atoms with E-state index < -0.39 is 0 Å². The molecule has 1 heteroatoms. The summed E-state index contributed by atoms with van der Waals surface area (Å²) in [6, 6.07) is 6.00. The lowest BCUT2D eigenvalue weighted by atomic mass is 10.0. The van der Waals surface area contributed by atoms with Gasteiger partial charge in [-0.1, -0.05) is 42.5 Å². The van der Waals surface area contributed by atoms with Gasteiger partial charge in [-0.25, -0.2) is 0 Å². The Morgan fingerprint density at radius 3 is 2.31 bits per heavy atom. The van der Waals surface area contributed by atoms with Crippen LogP contribution in [0.15, 0.2) is 60.9 Å². The smallest absolute Gasteiger partial charge is 0.0510 e. The van der Waals surface area contributed by atoms with Crippen LogP contribution in [0.5, 0.6) is 0 Å². The van der Waals surface area contributed by atoms with Gasteiger partial charge in [-0.2, -0.15) is 0 Å². The van der Waals surface area contributed by atoms with Gasteiger partial charge < -0.3 is 0 Å². The van der Waals surface area contributed by atoms with Crippen LogP contribution in [0.25, 0.3) is 0 Å². The first-order valence-electron chi connectivity index (χ1n) is 4.39. The standard InChI is InChI=1S/C12H11N/c1-2-4-8-11(7-3-1)12-9-5-6-10-13-12/h1-11H. The molecule has 1 nitrogen and oxygen atoms in total. The molecule has 13 heavy (non-hydrogen) atoms. The summed E-state index contributed by atoms with van der Waals surface area (Å²) in [7, 11) is 0. The molecule has 0 fully saturated rings. The van der Waals surface area contributed by atoms with E-state index >= 15 is 0 Å². The van der Waals surface area contributed by atoms with Crippen molar-refractivity contribution in [3.05, 3.63) is 66.5 Å². The van der Waals surface area contributed by atoms with E-state index in [1.165, 1.54) is 0 Å². The summed E-state index contributed by atoms with van der Waals surface area (Å²) >= 11 is 0. The van der Waals surface area contributed by atoms with Crippen molar-refractivity contribution in [2.45, 2.75) is 5.92 Å². The molecule has 1 aromatic heterocycles. The highest BCUT2D eigenvalue weighted by Crippen LogP contribution is 2.17. The first-order valence-corrected chi connectivity index (χ1v) is 4.39. The van der Waals surface area contributed by atoms with Gasteiger partial charge in [-0.15, -0.1) is 0 Å². The van der Waals surface area contributed by atoms with E-state index in [2.05, 4.69) is 29.3 Å². The third-order valence-electron chi connectivity index (χ3n) is 2.00. The molecule has 0 bridgehead atoms. The maximum absolute atomic E-state index is 4.31. The van der Waals surface area contributed by atoms with Crippen LogP contribution in [-0.2, 0) is 0 Å². The van der Waals surface area contributed by atoms with E-state index in [0.29, 0.717) is 5.92 Å². The molecule has 0 aromatic carbocycles. The normalized spacial score (nSPS) is 16.0. The first kappa shape index (κ1) is 7.99. The SMILES string of the molecule is C1=CC=CC(c2ccccn2)C=C1. The fourth-order valence-corrected chi connectivity index (χ4v) is 1.33. The number of allylic oxidation sites excluding steroid dienone is 6. The highest BCUT2D eigenvalue weighted by Gasteiger charge is 2.04.